The fourth-order valence-electron chi connectivity index (χ4n) is 5.29. The molecular formula is C27H32O8. The smallest absolute Gasteiger partial charge is 0.310 e. The number of aliphatic hydroxyl groups is 1. The Hall–Kier alpha value is -2.68. The Labute approximate surface area is 204 Å². The number of benzene rings is 2. The lowest BCUT2D eigenvalue weighted by atomic mass is 9.86. The first kappa shape index (κ1) is 24.0. The van der Waals surface area contributed by atoms with Gasteiger partial charge in [-0.3, -0.25) is 9.59 Å². The van der Waals surface area contributed by atoms with Crippen LogP contribution < -0.4 is 9.47 Å². The van der Waals surface area contributed by atoms with Crippen LogP contribution in [0.2, 0.25) is 0 Å². The molecule has 0 aromatic heterocycles. The van der Waals surface area contributed by atoms with Crippen LogP contribution in [0.3, 0.4) is 0 Å². The van der Waals surface area contributed by atoms with Gasteiger partial charge in [0.15, 0.2) is 11.6 Å². The Balaban J connectivity index is 1.50. The molecule has 35 heavy (non-hydrogen) atoms. The van der Waals surface area contributed by atoms with E-state index < -0.39 is 23.3 Å². The zero-order chi connectivity index (χ0) is 25.0. The predicted octanol–water partition coefficient (Wildman–Crippen LogP) is 4.07. The van der Waals surface area contributed by atoms with Gasteiger partial charge >= 0.3 is 5.97 Å². The van der Waals surface area contributed by atoms with E-state index in [-0.39, 0.29) is 31.0 Å². The monoisotopic (exact) mass is 484 g/mol. The molecule has 5 rings (SSSR count). The van der Waals surface area contributed by atoms with Crippen LogP contribution in [0.4, 0.5) is 0 Å². The highest BCUT2D eigenvalue weighted by atomic mass is 16.7. The molecule has 0 bridgehead atoms. The van der Waals surface area contributed by atoms with Gasteiger partial charge in [-0.05, 0) is 27.2 Å². The third-order valence-corrected chi connectivity index (χ3v) is 6.66. The number of esters is 1. The van der Waals surface area contributed by atoms with Crippen LogP contribution in [-0.4, -0.2) is 53.4 Å². The summed E-state index contributed by atoms with van der Waals surface area (Å²) in [6.45, 7) is 8.24. The second-order valence-corrected chi connectivity index (χ2v) is 10.6. The number of carbonyl (C=O) groups excluding carboxylic acids is 2. The van der Waals surface area contributed by atoms with E-state index in [0.29, 0.717) is 54.1 Å². The van der Waals surface area contributed by atoms with Crippen LogP contribution >= 0.6 is 0 Å². The van der Waals surface area contributed by atoms with Crippen molar-refractivity contribution < 1.29 is 38.4 Å². The molecule has 2 aromatic carbocycles. The minimum atomic E-state index is -1.77. The molecule has 8 heteroatoms. The fraction of sp³-hybridized carbons (Fsp3) is 0.556. The Morgan fingerprint density at radius 1 is 1.14 bits per heavy atom. The molecule has 0 amide bonds. The summed E-state index contributed by atoms with van der Waals surface area (Å²) in [6.07, 6.45) is 0.306. The van der Waals surface area contributed by atoms with Gasteiger partial charge in [-0.2, -0.15) is 0 Å². The Morgan fingerprint density at radius 2 is 1.80 bits per heavy atom. The number of carbonyl (C=O) groups is 2. The summed E-state index contributed by atoms with van der Waals surface area (Å²) < 4.78 is 29.5. The van der Waals surface area contributed by atoms with Crippen LogP contribution in [-0.2, 0) is 25.4 Å². The van der Waals surface area contributed by atoms with Crippen molar-refractivity contribution in [2.75, 3.05) is 13.2 Å². The molecule has 2 atom stereocenters. The molecule has 1 saturated heterocycles. The maximum Gasteiger partial charge on any atom is 0.310 e. The van der Waals surface area contributed by atoms with E-state index in [9.17, 15) is 14.7 Å². The van der Waals surface area contributed by atoms with Crippen LogP contribution in [0.25, 0.3) is 10.8 Å². The number of Topliss-reactive ketones (excluding diaryl/α,β-unsaturated/α-hetero) is 1. The highest BCUT2D eigenvalue weighted by Gasteiger charge is 2.50. The van der Waals surface area contributed by atoms with E-state index in [1.54, 1.807) is 0 Å². The van der Waals surface area contributed by atoms with Gasteiger partial charge in [0.1, 0.15) is 23.2 Å². The van der Waals surface area contributed by atoms with Crippen LogP contribution in [0.1, 0.15) is 69.3 Å². The van der Waals surface area contributed by atoms with E-state index in [2.05, 4.69) is 0 Å². The third kappa shape index (κ3) is 4.50. The first-order chi connectivity index (χ1) is 16.5. The first-order valence-corrected chi connectivity index (χ1v) is 12.2. The van der Waals surface area contributed by atoms with Gasteiger partial charge in [0.05, 0.1) is 38.0 Å². The topological polar surface area (TPSA) is 101 Å². The van der Waals surface area contributed by atoms with Crippen molar-refractivity contribution in [2.45, 2.75) is 83.1 Å². The van der Waals surface area contributed by atoms with Gasteiger partial charge in [0.25, 0.3) is 0 Å². The Bertz CT molecular complexity index is 1170. The molecule has 2 aromatic rings. The van der Waals surface area contributed by atoms with E-state index in [0.717, 1.165) is 5.39 Å². The van der Waals surface area contributed by atoms with Gasteiger partial charge < -0.3 is 28.8 Å². The number of ketones is 1. The molecular weight excluding hydrogens is 452 g/mol. The minimum Gasteiger partial charge on any atom is -0.489 e. The maximum atomic E-state index is 13.5. The van der Waals surface area contributed by atoms with E-state index in [1.807, 2.05) is 52.0 Å². The second-order valence-electron chi connectivity index (χ2n) is 10.6. The largest absolute Gasteiger partial charge is 0.489 e. The average Bonchev–Trinajstić information content (AvgIpc) is 3.39. The fourth-order valence-corrected chi connectivity index (χ4v) is 5.29. The molecule has 0 spiro atoms. The van der Waals surface area contributed by atoms with Crippen molar-refractivity contribution in [1.82, 2.24) is 0 Å². The molecule has 188 valence electrons. The van der Waals surface area contributed by atoms with Gasteiger partial charge in [-0.25, -0.2) is 0 Å². The van der Waals surface area contributed by atoms with E-state index >= 15 is 0 Å². The van der Waals surface area contributed by atoms with E-state index in [4.69, 9.17) is 23.7 Å². The molecule has 1 fully saturated rings. The molecule has 3 heterocycles. The Kier molecular flexibility index (Phi) is 5.81. The third-order valence-electron chi connectivity index (χ3n) is 6.66. The lowest BCUT2D eigenvalue weighted by Gasteiger charge is -2.39. The standard InChI is InChI=1S/C27H32O8/c1-5-27(31-10-11-32-27)15-26(30)14-20(28)22-19-12-16(13-21(29)34-25(2,3)4)33-23(19)17-8-6-7-9-18(17)24(22)35-26/h6-9,16,30H,5,10-15H2,1-4H3. The van der Waals surface area contributed by atoms with Crippen molar-refractivity contribution in [1.29, 1.82) is 0 Å². The maximum absolute atomic E-state index is 13.5. The second kappa shape index (κ2) is 8.47. The summed E-state index contributed by atoms with van der Waals surface area (Å²) in [4.78, 5) is 26.0. The molecule has 8 nitrogen and oxygen atoms in total. The van der Waals surface area contributed by atoms with E-state index in [1.165, 1.54) is 0 Å². The van der Waals surface area contributed by atoms with Crippen molar-refractivity contribution in [3.63, 3.8) is 0 Å². The summed E-state index contributed by atoms with van der Waals surface area (Å²) in [6, 6.07) is 7.46. The number of fused-ring (bicyclic) bond motifs is 6. The normalized spacial score (nSPS) is 25.1. The predicted molar refractivity (Wildman–Crippen MR) is 127 cm³/mol. The molecule has 1 N–H and O–H groups in total. The van der Waals surface area contributed by atoms with Gasteiger partial charge in [-0.15, -0.1) is 0 Å². The zero-order valence-electron chi connectivity index (χ0n) is 20.6. The summed E-state index contributed by atoms with van der Waals surface area (Å²) in [5.74, 6) is -2.42. The van der Waals surface area contributed by atoms with Crippen molar-refractivity contribution in [3.05, 3.63) is 35.4 Å². The molecule has 2 unspecified atom stereocenters. The molecule has 0 radical (unpaired) electrons. The lowest BCUT2D eigenvalue weighted by Crippen LogP contribution is -2.49. The van der Waals surface area contributed by atoms with Gasteiger partial charge in [0, 0.05) is 22.8 Å². The number of ether oxygens (including phenoxy) is 5. The number of hydrogen-bond donors (Lipinski definition) is 1. The van der Waals surface area contributed by atoms with Gasteiger partial charge in [-0.1, -0.05) is 31.2 Å². The quantitative estimate of drug-likeness (QED) is 0.634. The summed E-state index contributed by atoms with van der Waals surface area (Å²) in [5.41, 5.74) is 0.525. The summed E-state index contributed by atoms with van der Waals surface area (Å²) >= 11 is 0. The van der Waals surface area contributed by atoms with Crippen LogP contribution in [0.15, 0.2) is 24.3 Å². The van der Waals surface area contributed by atoms with Crippen molar-refractivity contribution in [2.24, 2.45) is 0 Å². The SMILES string of the molecule is CCC1(CC2(O)CC(=O)c3c4c(c5ccccc5c3O2)OC(CC(=O)OC(C)(C)C)C4)OCCO1. The highest BCUT2D eigenvalue weighted by Crippen LogP contribution is 2.50. The highest BCUT2D eigenvalue weighted by molar-refractivity contribution is 6.10. The van der Waals surface area contributed by atoms with Gasteiger partial charge in [0.2, 0.25) is 5.79 Å². The molecule has 0 aliphatic carbocycles. The van der Waals surface area contributed by atoms with Crippen molar-refractivity contribution >= 4 is 22.5 Å². The average molecular weight is 485 g/mol. The summed E-state index contributed by atoms with van der Waals surface area (Å²) in [5, 5.41) is 12.9. The Morgan fingerprint density at radius 3 is 2.43 bits per heavy atom. The minimum absolute atomic E-state index is 0.0187. The lowest BCUT2D eigenvalue weighted by molar-refractivity contribution is -0.241. The molecule has 3 aliphatic rings. The zero-order valence-corrected chi connectivity index (χ0v) is 20.6. The molecule has 3 aliphatic heterocycles. The van der Waals surface area contributed by atoms with Crippen LogP contribution in [0, 0.1) is 0 Å². The number of hydrogen-bond acceptors (Lipinski definition) is 8. The molecule has 0 saturated carbocycles. The van der Waals surface area contributed by atoms with Crippen LogP contribution in [0.5, 0.6) is 11.5 Å². The van der Waals surface area contributed by atoms with Crippen molar-refractivity contribution in [3.8, 4) is 11.5 Å². The first-order valence-electron chi connectivity index (χ1n) is 12.2. The summed E-state index contributed by atoms with van der Waals surface area (Å²) in [7, 11) is 0. The number of rotatable bonds is 5.